The average Bonchev–Trinajstić information content (AvgIpc) is 2.74. The van der Waals surface area contributed by atoms with Crippen molar-refractivity contribution in [3.8, 4) is 0 Å². The first-order chi connectivity index (χ1) is 8.63. The molecule has 0 radical (unpaired) electrons. The highest BCUT2D eigenvalue weighted by atomic mass is 35.5. The van der Waals surface area contributed by atoms with Crippen LogP contribution in [-0.4, -0.2) is 9.97 Å². The molecule has 0 atom stereocenters. The van der Waals surface area contributed by atoms with Gasteiger partial charge in [0.05, 0.1) is 12.2 Å². The molecule has 6 heteroatoms. The zero-order valence-corrected chi connectivity index (χ0v) is 10.4. The molecule has 1 aliphatic rings. The van der Waals surface area contributed by atoms with E-state index in [4.69, 9.17) is 23.1 Å². The Balaban J connectivity index is 1.93. The Morgan fingerprint density at radius 3 is 2.50 bits per heavy atom. The summed E-state index contributed by atoms with van der Waals surface area (Å²) in [5, 5.41) is 0.721. The number of hydrogen-bond acceptors (Lipinski definition) is 5. The maximum atomic E-state index is 5.88. The van der Waals surface area contributed by atoms with Crippen LogP contribution >= 0.6 is 11.6 Å². The number of nitrogen functional groups attached to an aromatic ring is 2. The van der Waals surface area contributed by atoms with Crippen LogP contribution in [0.25, 0.3) is 0 Å². The molecule has 0 amide bonds. The summed E-state index contributed by atoms with van der Waals surface area (Å²) in [5.41, 5.74) is 14.4. The van der Waals surface area contributed by atoms with Crippen LogP contribution in [0.2, 0.25) is 5.02 Å². The van der Waals surface area contributed by atoms with Crippen molar-refractivity contribution in [3.05, 3.63) is 40.5 Å². The minimum atomic E-state index is 0.226. The van der Waals surface area contributed by atoms with Crippen LogP contribution in [-0.2, 0) is 13.1 Å². The molecule has 3 rings (SSSR count). The van der Waals surface area contributed by atoms with E-state index in [1.807, 2.05) is 24.3 Å². The van der Waals surface area contributed by atoms with Gasteiger partial charge in [-0.3, -0.25) is 0 Å². The molecule has 2 aromatic rings. The summed E-state index contributed by atoms with van der Waals surface area (Å²) in [5.74, 6) is 0.693. The molecule has 1 aromatic heterocycles. The molecular weight excluding hydrogens is 250 g/mol. The summed E-state index contributed by atoms with van der Waals surface area (Å²) in [6.45, 7) is 1.39. The van der Waals surface area contributed by atoms with Crippen LogP contribution in [0.1, 0.15) is 11.3 Å². The quantitative estimate of drug-likeness (QED) is 0.818. The van der Waals surface area contributed by atoms with Crippen molar-refractivity contribution in [1.29, 1.82) is 0 Å². The van der Waals surface area contributed by atoms with E-state index < -0.39 is 0 Å². The Morgan fingerprint density at radius 2 is 1.78 bits per heavy atom. The van der Waals surface area contributed by atoms with Gasteiger partial charge in [0.1, 0.15) is 5.82 Å². The second-order valence-corrected chi connectivity index (χ2v) is 4.66. The van der Waals surface area contributed by atoms with Gasteiger partial charge in [-0.25, -0.2) is 4.98 Å². The number of nitrogens with two attached hydrogens (primary N) is 2. The number of benzene rings is 1. The first kappa shape index (κ1) is 11.1. The molecule has 0 aliphatic carbocycles. The van der Waals surface area contributed by atoms with Gasteiger partial charge in [0.2, 0.25) is 5.95 Å². The number of rotatable bonds is 1. The molecule has 0 bridgehead atoms. The third kappa shape index (κ3) is 1.82. The van der Waals surface area contributed by atoms with Crippen LogP contribution in [0.3, 0.4) is 0 Å². The predicted molar refractivity (Wildman–Crippen MR) is 72.2 cm³/mol. The minimum Gasteiger partial charge on any atom is -0.383 e. The zero-order valence-electron chi connectivity index (χ0n) is 9.60. The first-order valence-electron chi connectivity index (χ1n) is 5.55. The Kier molecular flexibility index (Phi) is 2.48. The van der Waals surface area contributed by atoms with E-state index in [0.717, 1.165) is 22.0 Å². The number of anilines is 3. The molecule has 18 heavy (non-hydrogen) atoms. The van der Waals surface area contributed by atoms with Gasteiger partial charge in [0.25, 0.3) is 0 Å². The van der Waals surface area contributed by atoms with E-state index in [9.17, 15) is 0 Å². The lowest BCUT2D eigenvalue weighted by molar-refractivity contribution is 0.871. The maximum absolute atomic E-state index is 5.88. The molecular formula is C12H12ClN5. The lowest BCUT2D eigenvalue weighted by atomic mass is 10.2. The lowest BCUT2D eigenvalue weighted by Crippen LogP contribution is -2.14. The summed E-state index contributed by atoms with van der Waals surface area (Å²) < 4.78 is 0. The lowest BCUT2D eigenvalue weighted by Gasteiger charge is -2.17. The molecule has 1 aromatic carbocycles. The van der Waals surface area contributed by atoms with Gasteiger partial charge in [-0.2, -0.15) is 4.98 Å². The summed E-state index contributed by atoms with van der Waals surface area (Å²) in [7, 11) is 0. The predicted octanol–water partition coefficient (Wildman–Crippen LogP) is 1.81. The molecule has 5 nitrogen and oxygen atoms in total. The minimum absolute atomic E-state index is 0.226. The van der Waals surface area contributed by atoms with Crippen LogP contribution in [0, 0.1) is 0 Å². The fourth-order valence-corrected chi connectivity index (χ4v) is 2.26. The number of hydrogen-bond donors (Lipinski definition) is 2. The van der Waals surface area contributed by atoms with Crippen molar-refractivity contribution in [2.24, 2.45) is 0 Å². The molecule has 4 N–H and O–H groups in total. The Morgan fingerprint density at radius 1 is 1.06 bits per heavy atom. The molecule has 0 unspecified atom stereocenters. The normalized spacial score (nSPS) is 13.7. The second-order valence-electron chi connectivity index (χ2n) is 4.22. The fourth-order valence-electron chi connectivity index (χ4n) is 2.13. The number of aromatic nitrogens is 2. The molecule has 0 fully saturated rings. The van der Waals surface area contributed by atoms with Crippen molar-refractivity contribution in [3.63, 3.8) is 0 Å². The summed E-state index contributed by atoms with van der Waals surface area (Å²) in [6.07, 6.45) is 0. The largest absolute Gasteiger partial charge is 0.383 e. The molecule has 0 saturated carbocycles. The van der Waals surface area contributed by atoms with Crippen LogP contribution < -0.4 is 16.4 Å². The summed E-state index contributed by atoms with van der Waals surface area (Å²) in [4.78, 5) is 10.4. The van der Waals surface area contributed by atoms with E-state index in [1.54, 1.807) is 0 Å². The third-order valence-electron chi connectivity index (χ3n) is 3.02. The zero-order chi connectivity index (χ0) is 12.7. The molecule has 0 saturated heterocycles. The Bertz CT molecular complexity index is 596. The number of fused-ring (bicyclic) bond motifs is 1. The maximum Gasteiger partial charge on any atom is 0.222 e. The highest BCUT2D eigenvalue weighted by Crippen LogP contribution is 2.30. The van der Waals surface area contributed by atoms with Crippen LogP contribution in [0.5, 0.6) is 0 Å². The fraction of sp³-hybridized carbons (Fsp3) is 0.167. The number of halogens is 1. The van der Waals surface area contributed by atoms with E-state index in [0.29, 0.717) is 18.9 Å². The van der Waals surface area contributed by atoms with Crippen molar-refractivity contribution < 1.29 is 0 Å². The smallest absolute Gasteiger partial charge is 0.222 e. The van der Waals surface area contributed by atoms with Gasteiger partial charge in [0.15, 0.2) is 0 Å². The molecule has 1 aliphatic heterocycles. The first-order valence-corrected chi connectivity index (χ1v) is 5.92. The summed E-state index contributed by atoms with van der Waals surface area (Å²) in [6, 6.07) is 7.68. The Hall–Kier alpha value is -2.01. The third-order valence-corrected chi connectivity index (χ3v) is 3.28. The van der Waals surface area contributed by atoms with Crippen molar-refractivity contribution >= 4 is 29.1 Å². The van der Waals surface area contributed by atoms with E-state index in [-0.39, 0.29) is 5.95 Å². The molecule has 0 spiro atoms. The number of nitrogens with zero attached hydrogens (tertiary/aromatic N) is 3. The van der Waals surface area contributed by atoms with E-state index >= 15 is 0 Å². The van der Waals surface area contributed by atoms with Crippen LogP contribution in [0.15, 0.2) is 24.3 Å². The molecule has 92 valence electrons. The van der Waals surface area contributed by atoms with Gasteiger partial charge < -0.3 is 16.4 Å². The molecule has 2 heterocycles. The van der Waals surface area contributed by atoms with E-state index in [2.05, 4.69) is 14.9 Å². The van der Waals surface area contributed by atoms with Crippen LogP contribution in [0.4, 0.5) is 17.5 Å². The van der Waals surface area contributed by atoms with Gasteiger partial charge in [0, 0.05) is 22.8 Å². The second kappa shape index (κ2) is 4.03. The van der Waals surface area contributed by atoms with Gasteiger partial charge >= 0.3 is 0 Å². The van der Waals surface area contributed by atoms with Gasteiger partial charge in [-0.05, 0) is 24.3 Å². The average molecular weight is 262 g/mol. The summed E-state index contributed by atoms with van der Waals surface area (Å²) >= 11 is 5.88. The topological polar surface area (TPSA) is 81.1 Å². The van der Waals surface area contributed by atoms with Crippen molar-refractivity contribution in [2.45, 2.75) is 13.1 Å². The Labute approximate surface area is 109 Å². The van der Waals surface area contributed by atoms with Crippen molar-refractivity contribution in [1.82, 2.24) is 9.97 Å². The standard InChI is InChI=1S/C12H12ClN5/c13-7-1-3-8(4-2-7)18-5-9-10(6-18)16-12(15)17-11(9)14/h1-4H,5-6H2,(H4,14,15,16,17). The van der Waals surface area contributed by atoms with E-state index in [1.165, 1.54) is 0 Å². The van der Waals surface area contributed by atoms with Gasteiger partial charge in [-0.15, -0.1) is 0 Å². The van der Waals surface area contributed by atoms with Gasteiger partial charge in [-0.1, -0.05) is 11.6 Å². The highest BCUT2D eigenvalue weighted by Gasteiger charge is 2.24. The monoisotopic (exact) mass is 261 g/mol. The van der Waals surface area contributed by atoms with Crippen molar-refractivity contribution in [2.75, 3.05) is 16.4 Å². The highest BCUT2D eigenvalue weighted by molar-refractivity contribution is 6.30. The SMILES string of the molecule is Nc1nc(N)c2c(n1)CN(c1ccc(Cl)cc1)C2.